The highest BCUT2D eigenvalue weighted by atomic mass is 19.1. The Kier molecular flexibility index (Phi) is 5.83. The monoisotopic (exact) mass is 501 g/mol. The zero-order chi connectivity index (χ0) is 25.7. The molecule has 6 nitrogen and oxygen atoms in total. The lowest BCUT2D eigenvalue weighted by Crippen LogP contribution is -2.45. The maximum Gasteiger partial charge on any atom is 0.306 e. The summed E-state index contributed by atoms with van der Waals surface area (Å²) in [7, 11) is 0. The van der Waals surface area contributed by atoms with E-state index in [0.29, 0.717) is 35.4 Å². The smallest absolute Gasteiger partial charge is 0.306 e. The first-order valence-electron chi connectivity index (χ1n) is 12.4. The van der Waals surface area contributed by atoms with E-state index < -0.39 is 17.6 Å². The number of carbonyl (C=O) groups is 1. The minimum Gasteiger partial charge on any atom is -0.481 e. The van der Waals surface area contributed by atoms with E-state index in [2.05, 4.69) is 15.5 Å². The van der Waals surface area contributed by atoms with E-state index >= 15 is 4.39 Å². The van der Waals surface area contributed by atoms with Gasteiger partial charge in [0, 0.05) is 23.2 Å². The Hall–Kier alpha value is -3.91. The molecule has 1 heterocycles. The fourth-order valence-electron chi connectivity index (χ4n) is 5.44. The standard InChI is InChI=1S/C29H25F2N3O3/c1-15-10-23(25(31)14-22(15)21-4-2-3-5-24(21)30)28-33-27(34-37-28)17-6-8-20-16(11-17)7-9-26(20)32-19-12-18(13-19)29(35)36/h2-6,8,10-11,14,18-19,26,32H,7,9,12-13H2,1H3,(H,35,36). The zero-order valence-corrected chi connectivity index (χ0v) is 20.2. The van der Waals surface area contributed by atoms with Crippen LogP contribution in [0.3, 0.4) is 0 Å². The van der Waals surface area contributed by atoms with Crippen LogP contribution in [-0.2, 0) is 11.2 Å². The predicted octanol–water partition coefficient (Wildman–Crippen LogP) is 6.10. The lowest BCUT2D eigenvalue weighted by Gasteiger charge is -2.35. The minimum atomic E-state index is -0.718. The Balaban J connectivity index is 1.21. The third kappa shape index (κ3) is 4.31. The van der Waals surface area contributed by atoms with Crippen LogP contribution in [0.4, 0.5) is 8.78 Å². The molecule has 1 unspecified atom stereocenters. The van der Waals surface area contributed by atoms with E-state index in [1.165, 1.54) is 23.3 Å². The highest BCUT2D eigenvalue weighted by molar-refractivity contribution is 5.73. The summed E-state index contributed by atoms with van der Waals surface area (Å²) in [5, 5.41) is 16.8. The van der Waals surface area contributed by atoms with Crippen LogP contribution in [0, 0.1) is 24.5 Å². The Morgan fingerprint density at radius 2 is 1.84 bits per heavy atom. The third-order valence-corrected chi connectivity index (χ3v) is 7.54. The van der Waals surface area contributed by atoms with Crippen LogP contribution in [0.2, 0.25) is 0 Å². The van der Waals surface area contributed by atoms with Crippen molar-refractivity contribution in [1.29, 1.82) is 0 Å². The number of benzene rings is 3. The molecular weight excluding hydrogens is 476 g/mol. The fourth-order valence-corrected chi connectivity index (χ4v) is 5.44. The van der Waals surface area contributed by atoms with Crippen molar-refractivity contribution in [3.05, 3.63) is 82.9 Å². The van der Waals surface area contributed by atoms with E-state index in [-0.39, 0.29) is 29.5 Å². The van der Waals surface area contributed by atoms with Gasteiger partial charge in [-0.25, -0.2) is 8.78 Å². The number of fused-ring (bicyclic) bond motifs is 1. The first-order chi connectivity index (χ1) is 17.9. The minimum absolute atomic E-state index is 0.0636. The van der Waals surface area contributed by atoms with Crippen molar-refractivity contribution in [3.63, 3.8) is 0 Å². The number of hydrogen-bond acceptors (Lipinski definition) is 5. The van der Waals surface area contributed by atoms with Gasteiger partial charge >= 0.3 is 5.97 Å². The van der Waals surface area contributed by atoms with Crippen molar-refractivity contribution in [2.75, 3.05) is 0 Å². The summed E-state index contributed by atoms with van der Waals surface area (Å²) in [4.78, 5) is 15.5. The lowest BCUT2D eigenvalue weighted by molar-refractivity contribution is -0.145. The van der Waals surface area contributed by atoms with Gasteiger partial charge < -0.3 is 14.9 Å². The molecule has 2 aliphatic carbocycles. The molecule has 3 aromatic carbocycles. The van der Waals surface area contributed by atoms with Gasteiger partial charge in [0.1, 0.15) is 11.6 Å². The Bertz CT molecular complexity index is 1510. The maximum absolute atomic E-state index is 15.1. The van der Waals surface area contributed by atoms with Crippen LogP contribution < -0.4 is 5.32 Å². The molecule has 2 aliphatic rings. The molecule has 1 atom stereocenters. The first kappa shape index (κ1) is 23.5. The third-order valence-electron chi connectivity index (χ3n) is 7.54. The zero-order valence-electron chi connectivity index (χ0n) is 20.2. The molecule has 0 aliphatic heterocycles. The molecular formula is C29H25F2N3O3. The molecule has 1 fully saturated rings. The summed E-state index contributed by atoms with van der Waals surface area (Å²) in [5.74, 6) is -1.50. The average molecular weight is 502 g/mol. The lowest BCUT2D eigenvalue weighted by atomic mass is 9.80. The molecule has 4 aromatic rings. The number of carboxylic acid groups (broad SMARTS) is 1. The Labute approximate surface area is 212 Å². The van der Waals surface area contributed by atoms with Crippen molar-refractivity contribution < 1.29 is 23.2 Å². The average Bonchev–Trinajstić information content (AvgIpc) is 3.49. The SMILES string of the molecule is Cc1cc(-c2nc(-c3ccc4c(c3)CCC4NC3CC(C(=O)O)C3)no2)c(F)cc1-c1ccccc1F. The van der Waals surface area contributed by atoms with Crippen molar-refractivity contribution in [2.45, 2.75) is 44.7 Å². The second-order valence-electron chi connectivity index (χ2n) is 9.92. The second kappa shape index (κ2) is 9.19. The Morgan fingerprint density at radius 1 is 1.03 bits per heavy atom. The van der Waals surface area contributed by atoms with Gasteiger partial charge in [0.2, 0.25) is 5.82 Å². The van der Waals surface area contributed by atoms with Crippen molar-refractivity contribution in [2.24, 2.45) is 5.92 Å². The van der Waals surface area contributed by atoms with Gasteiger partial charge in [-0.3, -0.25) is 4.79 Å². The molecule has 0 radical (unpaired) electrons. The topological polar surface area (TPSA) is 88.2 Å². The molecule has 37 heavy (non-hydrogen) atoms. The van der Waals surface area contributed by atoms with Gasteiger partial charge in [-0.15, -0.1) is 0 Å². The van der Waals surface area contributed by atoms with E-state index in [4.69, 9.17) is 9.63 Å². The molecule has 1 aromatic heterocycles. The van der Waals surface area contributed by atoms with Gasteiger partial charge in [-0.05, 0) is 79.1 Å². The first-order valence-corrected chi connectivity index (χ1v) is 12.4. The number of nitrogens with zero attached hydrogens (tertiary/aromatic N) is 2. The summed E-state index contributed by atoms with van der Waals surface area (Å²) in [6.07, 6.45) is 3.18. The largest absolute Gasteiger partial charge is 0.481 e. The molecule has 8 heteroatoms. The summed E-state index contributed by atoms with van der Waals surface area (Å²) < 4.78 is 34.8. The van der Waals surface area contributed by atoms with E-state index in [1.54, 1.807) is 31.2 Å². The van der Waals surface area contributed by atoms with Crippen LogP contribution in [0.1, 0.15) is 42.0 Å². The van der Waals surface area contributed by atoms with Crippen molar-refractivity contribution in [1.82, 2.24) is 15.5 Å². The van der Waals surface area contributed by atoms with Crippen molar-refractivity contribution in [3.8, 4) is 34.0 Å². The van der Waals surface area contributed by atoms with Gasteiger partial charge in [-0.2, -0.15) is 4.98 Å². The maximum atomic E-state index is 15.1. The molecule has 2 N–H and O–H groups in total. The van der Waals surface area contributed by atoms with E-state index in [9.17, 15) is 9.18 Å². The number of carboxylic acids is 1. The van der Waals surface area contributed by atoms with Crippen LogP contribution in [0.15, 0.2) is 59.1 Å². The van der Waals surface area contributed by atoms with Crippen LogP contribution >= 0.6 is 0 Å². The molecule has 0 bridgehead atoms. The summed E-state index contributed by atoms with van der Waals surface area (Å²) in [6, 6.07) is 15.6. The number of aryl methyl sites for hydroxylation is 2. The predicted molar refractivity (Wildman–Crippen MR) is 134 cm³/mol. The molecule has 188 valence electrons. The summed E-state index contributed by atoms with van der Waals surface area (Å²) in [5.41, 5.74) is 4.84. The molecule has 0 saturated heterocycles. The molecule has 0 spiro atoms. The highest BCUT2D eigenvalue weighted by Gasteiger charge is 2.36. The summed E-state index contributed by atoms with van der Waals surface area (Å²) in [6.45, 7) is 1.79. The van der Waals surface area contributed by atoms with Gasteiger partial charge in [0.15, 0.2) is 0 Å². The number of nitrogens with one attached hydrogen (secondary N) is 1. The quantitative estimate of drug-likeness (QED) is 0.332. The molecule has 6 rings (SSSR count). The Morgan fingerprint density at radius 3 is 2.62 bits per heavy atom. The summed E-state index contributed by atoms with van der Waals surface area (Å²) >= 11 is 0. The normalized spacial score (nSPS) is 20.5. The number of hydrogen-bond donors (Lipinski definition) is 2. The van der Waals surface area contributed by atoms with Crippen LogP contribution in [0.5, 0.6) is 0 Å². The van der Waals surface area contributed by atoms with E-state index in [1.807, 2.05) is 18.2 Å². The second-order valence-corrected chi connectivity index (χ2v) is 9.92. The number of aliphatic carboxylic acids is 1. The van der Waals surface area contributed by atoms with Crippen LogP contribution in [-0.4, -0.2) is 27.3 Å². The van der Waals surface area contributed by atoms with Crippen molar-refractivity contribution >= 4 is 5.97 Å². The highest BCUT2D eigenvalue weighted by Crippen LogP contribution is 2.38. The molecule has 1 saturated carbocycles. The molecule has 0 amide bonds. The number of halogens is 2. The van der Waals surface area contributed by atoms with Gasteiger partial charge in [-0.1, -0.05) is 35.5 Å². The number of aromatic nitrogens is 2. The fraction of sp³-hybridized carbons (Fsp3) is 0.276. The van der Waals surface area contributed by atoms with Gasteiger partial charge in [0.05, 0.1) is 11.5 Å². The number of rotatable bonds is 6. The van der Waals surface area contributed by atoms with Crippen LogP contribution in [0.25, 0.3) is 34.0 Å². The van der Waals surface area contributed by atoms with E-state index in [0.717, 1.165) is 18.4 Å². The van der Waals surface area contributed by atoms with Gasteiger partial charge in [0.25, 0.3) is 5.89 Å².